The summed E-state index contributed by atoms with van der Waals surface area (Å²) in [4.78, 5) is 55.4. The van der Waals surface area contributed by atoms with Crippen molar-refractivity contribution < 1.29 is 23.9 Å². The van der Waals surface area contributed by atoms with Gasteiger partial charge in [-0.2, -0.15) is 0 Å². The molecule has 2 bridgehead atoms. The SMILES string of the molecule is Cc1cccc(C)c1NC(=O)COC(=O)[C@H](C(C)C)N1C(=O)[C@H]2C3c4ccccc4C(c4ccccc43)[C@@H]2C1=O. The van der Waals surface area contributed by atoms with Gasteiger partial charge in [-0.3, -0.25) is 19.3 Å². The van der Waals surface area contributed by atoms with Gasteiger partial charge in [-0.1, -0.05) is 80.6 Å². The highest BCUT2D eigenvalue weighted by Crippen LogP contribution is 2.61. The minimum atomic E-state index is -1.12. The average molecular weight is 537 g/mol. The van der Waals surface area contributed by atoms with Gasteiger partial charge in [-0.15, -0.1) is 0 Å². The second kappa shape index (κ2) is 9.73. The lowest BCUT2D eigenvalue weighted by Gasteiger charge is -2.45. The van der Waals surface area contributed by atoms with Crippen LogP contribution in [0.2, 0.25) is 0 Å². The Morgan fingerprint density at radius 2 is 1.23 bits per heavy atom. The van der Waals surface area contributed by atoms with Crippen LogP contribution in [0.4, 0.5) is 5.69 Å². The van der Waals surface area contributed by atoms with Gasteiger partial charge in [-0.05, 0) is 53.1 Å². The molecule has 1 fully saturated rings. The highest BCUT2D eigenvalue weighted by Gasteiger charge is 2.63. The van der Waals surface area contributed by atoms with Crippen molar-refractivity contribution in [2.75, 3.05) is 11.9 Å². The fraction of sp³-hybridized carbons (Fsp3) is 0.333. The zero-order valence-corrected chi connectivity index (χ0v) is 23.0. The largest absolute Gasteiger partial charge is 0.454 e. The lowest BCUT2D eigenvalue weighted by molar-refractivity contribution is -0.162. The Bertz CT molecular complexity index is 1420. The number of nitrogens with zero attached hydrogens (tertiary/aromatic N) is 1. The molecule has 0 saturated carbocycles. The van der Waals surface area contributed by atoms with Crippen LogP contribution in [-0.2, 0) is 23.9 Å². The number of nitrogens with one attached hydrogen (secondary N) is 1. The lowest BCUT2D eigenvalue weighted by atomic mass is 9.55. The maximum absolute atomic E-state index is 14.1. The molecule has 3 aromatic rings. The number of hydrogen-bond acceptors (Lipinski definition) is 5. The van der Waals surface area contributed by atoms with E-state index in [1.807, 2.05) is 80.6 Å². The van der Waals surface area contributed by atoms with Crippen molar-refractivity contribution in [3.63, 3.8) is 0 Å². The predicted molar refractivity (Wildman–Crippen MR) is 150 cm³/mol. The molecular formula is C33H32N2O5. The zero-order valence-electron chi connectivity index (χ0n) is 23.0. The molecular weight excluding hydrogens is 504 g/mol. The number of imide groups is 1. The van der Waals surface area contributed by atoms with E-state index in [2.05, 4.69) is 5.32 Å². The highest BCUT2D eigenvalue weighted by molar-refractivity contribution is 6.10. The first kappa shape index (κ1) is 26.0. The average Bonchev–Trinajstić information content (AvgIpc) is 3.20. The fourth-order valence-electron chi connectivity index (χ4n) is 7.06. The molecule has 4 aliphatic rings. The van der Waals surface area contributed by atoms with E-state index in [4.69, 9.17) is 4.74 Å². The van der Waals surface area contributed by atoms with Crippen LogP contribution in [0.3, 0.4) is 0 Å². The van der Waals surface area contributed by atoms with E-state index in [0.717, 1.165) is 38.3 Å². The minimum absolute atomic E-state index is 0.254. The van der Waals surface area contributed by atoms with Crippen molar-refractivity contribution in [1.82, 2.24) is 4.90 Å². The van der Waals surface area contributed by atoms with Crippen molar-refractivity contribution in [3.05, 3.63) is 100 Å². The molecule has 0 spiro atoms. The molecule has 40 heavy (non-hydrogen) atoms. The number of para-hydroxylation sites is 1. The first-order valence-electron chi connectivity index (χ1n) is 13.8. The van der Waals surface area contributed by atoms with Gasteiger partial charge >= 0.3 is 5.97 Å². The second-order valence-electron chi connectivity index (χ2n) is 11.4. The number of ether oxygens (including phenoxy) is 1. The summed E-state index contributed by atoms with van der Waals surface area (Å²) in [5.74, 6) is -3.99. The maximum atomic E-state index is 14.1. The van der Waals surface area contributed by atoms with E-state index < -0.39 is 42.3 Å². The number of carbonyl (C=O) groups is 4. The summed E-state index contributed by atoms with van der Waals surface area (Å²) < 4.78 is 5.44. The third-order valence-corrected chi connectivity index (χ3v) is 8.72. The molecule has 1 N–H and O–H groups in total. The molecule has 3 aliphatic carbocycles. The Balaban J connectivity index is 1.27. The van der Waals surface area contributed by atoms with Crippen molar-refractivity contribution in [3.8, 4) is 0 Å². The van der Waals surface area contributed by atoms with Crippen molar-refractivity contribution in [1.29, 1.82) is 0 Å². The number of rotatable bonds is 6. The van der Waals surface area contributed by atoms with Gasteiger partial charge in [0.2, 0.25) is 11.8 Å². The highest BCUT2D eigenvalue weighted by atomic mass is 16.5. The van der Waals surface area contributed by atoms with E-state index in [0.29, 0.717) is 5.69 Å². The first-order chi connectivity index (χ1) is 19.2. The smallest absolute Gasteiger partial charge is 0.330 e. The zero-order chi connectivity index (χ0) is 28.3. The van der Waals surface area contributed by atoms with Crippen LogP contribution in [0.25, 0.3) is 0 Å². The molecule has 7 heteroatoms. The summed E-state index contributed by atoms with van der Waals surface area (Å²) >= 11 is 0. The fourth-order valence-corrected chi connectivity index (χ4v) is 7.06. The topological polar surface area (TPSA) is 92.8 Å². The van der Waals surface area contributed by atoms with Crippen LogP contribution in [0.15, 0.2) is 66.7 Å². The minimum Gasteiger partial charge on any atom is -0.454 e. The molecule has 3 atom stereocenters. The van der Waals surface area contributed by atoms with Crippen LogP contribution in [0.5, 0.6) is 0 Å². The molecule has 1 saturated heterocycles. The Morgan fingerprint density at radius 3 is 1.65 bits per heavy atom. The molecule has 3 amide bonds. The molecule has 1 heterocycles. The van der Waals surface area contributed by atoms with E-state index in [-0.39, 0.29) is 23.7 Å². The Hall–Kier alpha value is -4.26. The van der Waals surface area contributed by atoms with Gasteiger partial charge in [-0.25, -0.2) is 4.79 Å². The van der Waals surface area contributed by atoms with Crippen LogP contribution in [0, 0.1) is 31.6 Å². The number of carbonyl (C=O) groups excluding carboxylic acids is 4. The van der Waals surface area contributed by atoms with Gasteiger partial charge < -0.3 is 10.1 Å². The number of anilines is 1. The van der Waals surface area contributed by atoms with Crippen LogP contribution >= 0.6 is 0 Å². The number of hydrogen-bond donors (Lipinski definition) is 1. The first-order valence-corrected chi connectivity index (χ1v) is 13.8. The second-order valence-corrected chi connectivity index (χ2v) is 11.4. The maximum Gasteiger partial charge on any atom is 0.330 e. The van der Waals surface area contributed by atoms with Gasteiger partial charge in [0.1, 0.15) is 6.04 Å². The Labute approximate surface area is 233 Å². The van der Waals surface area contributed by atoms with E-state index in [1.54, 1.807) is 13.8 Å². The van der Waals surface area contributed by atoms with Crippen molar-refractivity contribution in [2.24, 2.45) is 17.8 Å². The Kier molecular flexibility index (Phi) is 6.32. The number of likely N-dealkylation sites (tertiary alicyclic amines) is 1. The molecule has 0 radical (unpaired) electrons. The summed E-state index contributed by atoms with van der Waals surface area (Å²) in [6.07, 6.45) is 0. The molecule has 0 aromatic heterocycles. The summed E-state index contributed by atoms with van der Waals surface area (Å²) in [6, 6.07) is 20.6. The van der Waals surface area contributed by atoms with Crippen LogP contribution < -0.4 is 5.32 Å². The molecule has 0 unspecified atom stereocenters. The van der Waals surface area contributed by atoms with Gasteiger partial charge in [0, 0.05) is 17.5 Å². The van der Waals surface area contributed by atoms with Crippen molar-refractivity contribution >= 4 is 29.4 Å². The molecule has 3 aromatic carbocycles. The molecule has 7 rings (SSSR count). The normalized spacial score (nSPS) is 23.0. The van der Waals surface area contributed by atoms with E-state index in [1.165, 1.54) is 0 Å². The quantitative estimate of drug-likeness (QED) is 0.364. The standard InChI is InChI=1S/C33H32N2O5/c1-17(2)30(33(39)40-16-24(36)34-29-18(3)10-9-11-19(29)4)35-31(37)27-25-20-12-5-6-13-21(20)26(28(27)32(35)38)23-15-8-7-14-22(23)25/h5-15,17,25-28,30H,16H2,1-4H3,(H,34,36)/t25?,26?,27-,28-,30-/m0/s1. The number of aryl methyl sites for hydroxylation is 2. The van der Waals surface area contributed by atoms with Gasteiger partial charge in [0.15, 0.2) is 6.61 Å². The van der Waals surface area contributed by atoms with Gasteiger partial charge in [0.25, 0.3) is 5.91 Å². The van der Waals surface area contributed by atoms with Gasteiger partial charge in [0.05, 0.1) is 11.8 Å². The van der Waals surface area contributed by atoms with E-state index in [9.17, 15) is 19.2 Å². The van der Waals surface area contributed by atoms with Crippen molar-refractivity contribution in [2.45, 2.75) is 45.6 Å². The van der Waals surface area contributed by atoms with Crippen LogP contribution in [0.1, 0.15) is 59.1 Å². The summed E-state index contributed by atoms with van der Waals surface area (Å²) in [5, 5.41) is 2.81. The third kappa shape index (κ3) is 3.86. The number of benzene rings is 3. The van der Waals surface area contributed by atoms with E-state index >= 15 is 0 Å². The van der Waals surface area contributed by atoms with Crippen LogP contribution in [-0.4, -0.2) is 41.2 Å². The molecule has 204 valence electrons. The third-order valence-electron chi connectivity index (χ3n) is 8.72. The monoisotopic (exact) mass is 536 g/mol. The molecule has 1 aliphatic heterocycles. The number of esters is 1. The predicted octanol–water partition coefficient (Wildman–Crippen LogP) is 4.70. The summed E-state index contributed by atoms with van der Waals surface area (Å²) in [7, 11) is 0. The summed E-state index contributed by atoms with van der Waals surface area (Å²) in [6.45, 7) is 6.82. The lowest BCUT2D eigenvalue weighted by Crippen LogP contribution is -2.49. The number of amides is 3. The molecule has 7 nitrogen and oxygen atoms in total. The summed E-state index contributed by atoms with van der Waals surface area (Å²) in [5.41, 5.74) is 6.75. The Morgan fingerprint density at radius 1 is 0.775 bits per heavy atom.